The van der Waals surface area contributed by atoms with E-state index in [0.29, 0.717) is 11.1 Å². The van der Waals surface area contributed by atoms with E-state index in [9.17, 15) is 9.59 Å². The summed E-state index contributed by atoms with van der Waals surface area (Å²) in [6, 6.07) is 30.9. The maximum absolute atomic E-state index is 13.2. The minimum absolute atomic E-state index is 0.203. The van der Waals surface area contributed by atoms with Crippen molar-refractivity contribution < 1.29 is 9.59 Å². The van der Waals surface area contributed by atoms with Crippen LogP contribution in [0, 0.1) is 27.7 Å². The molecule has 0 aromatic heterocycles. The number of aryl methyl sites for hydroxylation is 4. The Labute approximate surface area is 218 Å². The smallest absolute Gasteiger partial charge is 0.252 e. The van der Waals surface area contributed by atoms with E-state index in [2.05, 4.69) is 16.0 Å². The largest absolute Gasteiger partial charge is 0.333 e. The van der Waals surface area contributed by atoms with Gasteiger partial charge >= 0.3 is 0 Å². The molecule has 5 nitrogen and oxygen atoms in total. The van der Waals surface area contributed by atoms with E-state index in [4.69, 9.17) is 0 Å². The second-order valence-electron chi connectivity index (χ2n) is 9.53. The van der Waals surface area contributed by atoms with Crippen LogP contribution in [0.1, 0.15) is 66.4 Å². The molecule has 0 fully saturated rings. The average Bonchev–Trinajstić information content (AvgIpc) is 2.89. The van der Waals surface area contributed by atoms with Crippen molar-refractivity contribution in [1.29, 1.82) is 0 Å². The van der Waals surface area contributed by atoms with Crippen LogP contribution in [0.25, 0.3) is 0 Å². The summed E-state index contributed by atoms with van der Waals surface area (Å²) in [5, 5.41) is 9.72. The van der Waals surface area contributed by atoms with Crippen molar-refractivity contribution in [3.05, 3.63) is 142 Å². The number of nitrogens with one attached hydrogen (secondary N) is 3. The molecular formula is C32H33N3O2. The fourth-order valence-corrected chi connectivity index (χ4v) is 3.97. The summed E-state index contributed by atoms with van der Waals surface area (Å²) in [7, 11) is 0. The van der Waals surface area contributed by atoms with Crippen LogP contribution in [-0.4, -0.2) is 11.8 Å². The Balaban J connectivity index is 1.65. The van der Waals surface area contributed by atoms with Gasteiger partial charge in [0.1, 0.15) is 12.3 Å². The number of hydrogen-bond donors (Lipinski definition) is 3. The molecule has 0 saturated heterocycles. The highest BCUT2D eigenvalue weighted by Crippen LogP contribution is 2.20. The lowest BCUT2D eigenvalue weighted by Gasteiger charge is -2.28. The lowest BCUT2D eigenvalue weighted by Crippen LogP contribution is -2.45. The summed E-state index contributed by atoms with van der Waals surface area (Å²) in [6.45, 7) is 8.02. The van der Waals surface area contributed by atoms with Gasteiger partial charge in [-0.15, -0.1) is 0 Å². The standard InChI is InChI=1S/C32H33N3O2/c1-21-5-13-25(14-6-21)29(34-31(36)27-17-9-23(3)10-18-27)33-30(26-15-7-22(2)8-16-26)35-32(37)28-19-11-24(4)12-20-28/h5-20,29-30,33H,1-4H3,(H,34,36)(H,35,37)/t29-,30-/m0/s1. The Morgan fingerprint density at radius 2 is 0.730 bits per heavy atom. The van der Waals surface area contributed by atoms with E-state index in [0.717, 1.165) is 33.4 Å². The van der Waals surface area contributed by atoms with Crippen LogP contribution in [-0.2, 0) is 0 Å². The number of benzene rings is 4. The number of carbonyl (C=O) groups excluding carboxylic acids is 2. The van der Waals surface area contributed by atoms with Gasteiger partial charge < -0.3 is 10.6 Å². The first-order chi connectivity index (χ1) is 17.8. The van der Waals surface area contributed by atoms with Crippen LogP contribution in [0.4, 0.5) is 0 Å². The van der Waals surface area contributed by atoms with Gasteiger partial charge in [0.25, 0.3) is 11.8 Å². The zero-order valence-corrected chi connectivity index (χ0v) is 21.7. The molecule has 0 radical (unpaired) electrons. The predicted molar refractivity (Wildman–Crippen MR) is 148 cm³/mol. The summed E-state index contributed by atoms with van der Waals surface area (Å²) >= 11 is 0. The molecule has 37 heavy (non-hydrogen) atoms. The van der Waals surface area contributed by atoms with E-state index in [1.165, 1.54) is 0 Å². The summed E-state index contributed by atoms with van der Waals surface area (Å²) in [6.07, 6.45) is -1.11. The van der Waals surface area contributed by atoms with Gasteiger partial charge in [0.15, 0.2) is 0 Å². The molecule has 0 aliphatic heterocycles. The van der Waals surface area contributed by atoms with Gasteiger partial charge in [-0.25, -0.2) is 0 Å². The predicted octanol–water partition coefficient (Wildman–Crippen LogP) is 6.07. The van der Waals surface area contributed by atoms with Crippen LogP contribution in [0.5, 0.6) is 0 Å². The third-order valence-electron chi connectivity index (χ3n) is 6.33. The SMILES string of the molecule is Cc1ccc(C(=O)N[C@H](N[C@@H](NC(=O)c2ccc(C)cc2)c2ccc(C)cc2)c2ccc(C)cc2)cc1. The molecule has 4 rings (SSSR count). The van der Waals surface area contributed by atoms with Gasteiger partial charge in [-0.2, -0.15) is 0 Å². The summed E-state index contributed by atoms with van der Waals surface area (Å²) in [5.41, 5.74) is 7.32. The second kappa shape index (κ2) is 11.7. The molecule has 2 atom stereocenters. The van der Waals surface area contributed by atoms with E-state index >= 15 is 0 Å². The first-order valence-electron chi connectivity index (χ1n) is 12.4. The molecular weight excluding hydrogens is 458 g/mol. The fraction of sp³-hybridized carbons (Fsp3) is 0.188. The third-order valence-corrected chi connectivity index (χ3v) is 6.33. The molecule has 0 unspecified atom stereocenters. The van der Waals surface area contributed by atoms with Crippen LogP contribution >= 0.6 is 0 Å². The Kier molecular flexibility index (Phi) is 8.16. The summed E-state index contributed by atoms with van der Waals surface area (Å²) < 4.78 is 0. The molecule has 0 saturated carbocycles. The Bertz CT molecular complexity index is 1240. The number of carbonyl (C=O) groups is 2. The van der Waals surface area contributed by atoms with Crippen molar-refractivity contribution in [3.8, 4) is 0 Å². The molecule has 188 valence electrons. The lowest BCUT2D eigenvalue weighted by molar-refractivity contribution is 0.0904. The topological polar surface area (TPSA) is 70.2 Å². The van der Waals surface area contributed by atoms with Gasteiger partial charge in [0.05, 0.1) is 0 Å². The minimum atomic E-state index is -0.556. The van der Waals surface area contributed by atoms with E-state index in [1.807, 2.05) is 125 Å². The number of hydrogen-bond acceptors (Lipinski definition) is 3. The van der Waals surface area contributed by atoms with E-state index in [-0.39, 0.29) is 11.8 Å². The summed E-state index contributed by atoms with van der Waals surface area (Å²) in [5.74, 6) is -0.406. The van der Waals surface area contributed by atoms with Crippen molar-refractivity contribution in [1.82, 2.24) is 16.0 Å². The molecule has 0 aliphatic carbocycles. The molecule has 5 heteroatoms. The van der Waals surface area contributed by atoms with Crippen LogP contribution < -0.4 is 16.0 Å². The maximum atomic E-state index is 13.2. The second-order valence-corrected chi connectivity index (χ2v) is 9.53. The molecule has 2 amide bonds. The molecule has 0 aliphatic rings. The van der Waals surface area contributed by atoms with Crippen LogP contribution in [0.2, 0.25) is 0 Å². The van der Waals surface area contributed by atoms with Crippen LogP contribution in [0.15, 0.2) is 97.1 Å². The minimum Gasteiger partial charge on any atom is -0.333 e. The highest BCUT2D eigenvalue weighted by molar-refractivity contribution is 5.95. The fourth-order valence-electron chi connectivity index (χ4n) is 3.97. The van der Waals surface area contributed by atoms with Gasteiger partial charge in [-0.05, 0) is 63.1 Å². The lowest BCUT2D eigenvalue weighted by atomic mass is 10.1. The molecule has 4 aromatic carbocycles. The zero-order chi connectivity index (χ0) is 26.4. The number of rotatable bonds is 8. The van der Waals surface area contributed by atoms with Gasteiger partial charge in [0, 0.05) is 11.1 Å². The van der Waals surface area contributed by atoms with Crippen molar-refractivity contribution in [3.63, 3.8) is 0 Å². The van der Waals surface area contributed by atoms with Crippen LogP contribution in [0.3, 0.4) is 0 Å². The van der Waals surface area contributed by atoms with Crippen molar-refractivity contribution in [2.24, 2.45) is 0 Å². The van der Waals surface area contributed by atoms with Gasteiger partial charge in [-0.1, -0.05) is 95.1 Å². The van der Waals surface area contributed by atoms with Gasteiger partial charge in [0.2, 0.25) is 0 Å². The van der Waals surface area contributed by atoms with E-state index in [1.54, 1.807) is 0 Å². The first kappa shape index (κ1) is 25.9. The third kappa shape index (κ3) is 6.93. The van der Waals surface area contributed by atoms with E-state index < -0.39 is 12.3 Å². The number of amides is 2. The monoisotopic (exact) mass is 491 g/mol. The summed E-state index contributed by atoms with van der Waals surface area (Å²) in [4.78, 5) is 26.4. The highest BCUT2D eigenvalue weighted by atomic mass is 16.2. The average molecular weight is 492 g/mol. The molecule has 0 heterocycles. The molecule has 3 N–H and O–H groups in total. The zero-order valence-electron chi connectivity index (χ0n) is 21.7. The normalized spacial score (nSPS) is 12.4. The first-order valence-corrected chi connectivity index (χ1v) is 12.4. The Hall–Kier alpha value is -4.22. The van der Waals surface area contributed by atoms with Gasteiger partial charge in [-0.3, -0.25) is 14.9 Å². The Morgan fingerprint density at radius 1 is 0.459 bits per heavy atom. The quantitative estimate of drug-likeness (QED) is 0.262. The Morgan fingerprint density at radius 3 is 1.03 bits per heavy atom. The van der Waals surface area contributed by atoms with Crippen molar-refractivity contribution >= 4 is 11.8 Å². The molecule has 0 bridgehead atoms. The van der Waals surface area contributed by atoms with Crippen molar-refractivity contribution in [2.75, 3.05) is 0 Å². The maximum Gasteiger partial charge on any atom is 0.252 e. The molecule has 4 aromatic rings. The highest BCUT2D eigenvalue weighted by Gasteiger charge is 2.23. The molecule has 0 spiro atoms. The van der Waals surface area contributed by atoms with Crippen molar-refractivity contribution in [2.45, 2.75) is 40.0 Å².